The van der Waals surface area contributed by atoms with Crippen molar-refractivity contribution in [3.8, 4) is 0 Å². The summed E-state index contributed by atoms with van der Waals surface area (Å²) in [5.41, 5.74) is 3.57. The highest BCUT2D eigenvalue weighted by Gasteiger charge is 2.20. The molecule has 0 amide bonds. The van der Waals surface area contributed by atoms with Crippen LogP contribution < -0.4 is 5.32 Å². The molecule has 0 saturated heterocycles. The first-order chi connectivity index (χ1) is 13.8. The lowest BCUT2D eigenvalue weighted by Crippen LogP contribution is -2.30. The molecule has 0 fully saturated rings. The van der Waals surface area contributed by atoms with E-state index < -0.39 is 6.23 Å². The van der Waals surface area contributed by atoms with Crippen molar-refractivity contribution in [2.45, 2.75) is 12.1 Å². The van der Waals surface area contributed by atoms with Crippen molar-refractivity contribution in [2.75, 3.05) is 6.54 Å². The molecule has 0 radical (unpaired) electrons. The van der Waals surface area contributed by atoms with Crippen LogP contribution in [0.15, 0.2) is 73.2 Å². The lowest BCUT2D eigenvalue weighted by molar-refractivity contribution is -0.135. The summed E-state index contributed by atoms with van der Waals surface area (Å²) < 4.78 is 5.22. The molecular formula is C21H19N5O2. The third kappa shape index (κ3) is 3.89. The zero-order valence-corrected chi connectivity index (χ0v) is 15.0. The van der Waals surface area contributed by atoms with Gasteiger partial charge in [-0.1, -0.05) is 60.7 Å². The number of H-pyrrole nitrogens is 1. The molecule has 0 aliphatic rings. The van der Waals surface area contributed by atoms with Crippen LogP contribution in [-0.2, 0) is 9.53 Å². The van der Waals surface area contributed by atoms with Gasteiger partial charge in [0.2, 0.25) is 6.23 Å². The predicted molar refractivity (Wildman–Crippen MR) is 104 cm³/mol. The topological polar surface area (TPSA) is 92.8 Å². The van der Waals surface area contributed by atoms with E-state index in [1.54, 1.807) is 12.5 Å². The van der Waals surface area contributed by atoms with Crippen LogP contribution in [0.3, 0.4) is 0 Å². The van der Waals surface area contributed by atoms with Crippen molar-refractivity contribution in [3.05, 3.63) is 90.1 Å². The lowest BCUT2D eigenvalue weighted by Gasteiger charge is -2.22. The molecule has 28 heavy (non-hydrogen) atoms. The molecule has 0 aliphatic carbocycles. The summed E-state index contributed by atoms with van der Waals surface area (Å²) in [6.45, 7) is 0.940. The fraction of sp³-hybridized carbons (Fsp3) is 0.143. The van der Waals surface area contributed by atoms with E-state index in [0.717, 1.165) is 11.1 Å². The molecule has 0 spiro atoms. The summed E-state index contributed by atoms with van der Waals surface area (Å²) in [6, 6.07) is 20.4. The van der Waals surface area contributed by atoms with E-state index in [1.807, 2.05) is 36.4 Å². The highest BCUT2D eigenvalue weighted by molar-refractivity contribution is 5.68. The number of carbonyl (C=O) groups excluding carboxylic acids is 1. The molecule has 2 N–H and O–H groups in total. The molecule has 1 unspecified atom stereocenters. The minimum Gasteiger partial charge on any atom is -0.441 e. The first-order valence-electron chi connectivity index (χ1n) is 8.93. The minimum atomic E-state index is -0.764. The first-order valence-corrected chi connectivity index (χ1v) is 8.93. The molecule has 4 rings (SSSR count). The summed E-state index contributed by atoms with van der Waals surface area (Å²) in [5, 5.41) is 3.28. The number of aromatic nitrogens is 4. The summed E-state index contributed by atoms with van der Waals surface area (Å²) in [4.78, 5) is 26.8. The highest BCUT2D eigenvalue weighted by Crippen LogP contribution is 2.25. The van der Waals surface area contributed by atoms with Crippen molar-refractivity contribution in [1.82, 2.24) is 25.3 Å². The Labute approximate surface area is 161 Å². The van der Waals surface area contributed by atoms with E-state index in [9.17, 15) is 4.79 Å². The van der Waals surface area contributed by atoms with Gasteiger partial charge in [0.1, 0.15) is 5.52 Å². The molecule has 0 aliphatic heterocycles. The van der Waals surface area contributed by atoms with Gasteiger partial charge in [-0.3, -0.25) is 10.1 Å². The zero-order chi connectivity index (χ0) is 19.2. The van der Waals surface area contributed by atoms with E-state index in [4.69, 9.17) is 4.74 Å². The Morgan fingerprint density at radius 2 is 1.68 bits per heavy atom. The van der Waals surface area contributed by atoms with Gasteiger partial charge < -0.3 is 9.72 Å². The number of nitrogens with zero attached hydrogens (tertiary/aromatic N) is 3. The van der Waals surface area contributed by atoms with Crippen molar-refractivity contribution in [2.24, 2.45) is 0 Å². The van der Waals surface area contributed by atoms with Gasteiger partial charge in [-0.25, -0.2) is 15.0 Å². The average Bonchev–Trinajstić information content (AvgIpc) is 3.22. The van der Waals surface area contributed by atoms with Crippen molar-refractivity contribution in [1.29, 1.82) is 0 Å². The summed E-state index contributed by atoms with van der Waals surface area (Å²) in [6.07, 6.45) is 2.38. The van der Waals surface area contributed by atoms with Gasteiger partial charge in [-0.15, -0.1) is 0 Å². The van der Waals surface area contributed by atoms with Crippen LogP contribution >= 0.6 is 0 Å². The molecule has 0 saturated carbocycles. The highest BCUT2D eigenvalue weighted by atomic mass is 16.5. The number of hydrogen-bond acceptors (Lipinski definition) is 6. The number of nitrogens with one attached hydrogen (secondary N) is 2. The van der Waals surface area contributed by atoms with E-state index in [-0.39, 0.29) is 5.92 Å². The third-order valence-electron chi connectivity index (χ3n) is 4.53. The number of rotatable bonds is 8. The van der Waals surface area contributed by atoms with Gasteiger partial charge >= 0.3 is 0 Å². The first kappa shape index (κ1) is 17.8. The molecule has 1 atom stereocenters. The number of carbonyl (C=O) groups is 1. The smallest absolute Gasteiger partial charge is 0.295 e. The number of aromatic amines is 1. The van der Waals surface area contributed by atoms with Gasteiger partial charge in [-0.2, -0.15) is 0 Å². The fourth-order valence-electron chi connectivity index (χ4n) is 3.16. The second kappa shape index (κ2) is 8.41. The van der Waals surface area contributed by atoms with E-state index in [0.29, 0.717) is 30.0 Å². The Bertz CT molecular complexity index is 997. The Morgan fingerprint density at radius 1 is 1.00 bits per heavy atom. The monoisotopic (exact) mass is 373 g/mol. The van der Waals surface area contributed by atoms with Gasteiger partial charge in [0.25, 0.3) is 6.47 Å². The zero-order valence-electron chi connectivity index (χ0n) is 15.0. The Morgan fingerprint density at radius 3 is 2.32 bits per heavy atom. The maximum atomic E-state index is 11.0. The summed E-state index contributed by atoms with van der Waals surface area (Å²) in [5.74, 6) is 0.444. The largest absolute Gasteiger partial charge is 0.441 e. The maximum absolute atomic E-state index is 11.0. The quantitative estimate of drug-likeness (QED) is 0.364. The van der Waals surface area contributed by atoms with Gasteiger partial charge in [0.05, 0.1) is 12.5 Å². The van der Waals surface area contributed by atoms with Crippen LogP contribution in [-0.4, -0.2) is 33.0 Å². The van der Waals surface area contributed by atoms with Crippen LogP contribution in [0.2, 0.25) is 0 Å². The molecule has 2 heterocycles. The van der Waals surface area contributed by atoms with Gasteiger partial charge in [0.15, 0.2) is 11.5 Å². The average molecular weight is 373 g/mol. The lowest BCUT2D eigenvalue weighted by atomic mass is 9.91. The number of hydrogen-bond donors (Lipinski definition) is 2. The molecule has 7 heteroatoms. The molecule has 2 aromatic carbocycles. The molecule has 140 valence electrons. The van der Waals surface area contributed by atoms with Gasteiger partial charge in [0, 0.05) is 12.5 Å². The standard InChI is InChI=1S/C21H19N5O2/c27-14-28-21(20-22-12-18-19(26-20)25-13-24-18)23-11-17(15-7-3-1-4-8-15)16-9-5-2-6-10-16/h1-10,12-14,17,21,23H,11H2,(H,22,24,25,26). The number of fused-ring (bicyclic) bond motifs is 1. The van der Waals surface area contributed by atoms with Gasteiger partial charge in [-0.05, 0) is 11.1 Å². The summed E-state index contributed by atoms with van der Waals surface area (Å²) >= 11 is 0. The Hall–Kier alpha value is -3.58. The van der Waals surface area contributed by atoms with Crippen molar-refractivity contribution in [3.63, 3.8) is 0 Å². The fourth-order valence-corrected chi connectivity index (χ4v) is 3.16. The van der Waals surface area contributed by atoms with E-state index in [1.165, 1.54) is 0 Å². The van der Waals surface area contributed by atoms with Crippen molar-refractivity contribution < 1.29 is 9.53 Å². The Balaban J connectivity index is 1.59. The minimum absolute atomic E-state index is 0.0797. The maximum Gasteiger partial charge on any atom is 0.295 e. The van der Waals surface area contributed by atoms with E-state index >= 15 is 0 Å². The Kier molecular flexibility index (Phi) is 5.35. The number of ether oxygens (including phenoxy) is 1. The molecular weight excluding hydrogens is 354 g/mol. The number of imidazole rings is 1. The second-order valence-corrected chi connectivity index (χ2v) is 6.26. The third-order valence-corrected chi connectivity index (χ3v) is 4.53. The van der Waals surface area contributed by atoms with Crippen LogP contribution in [0.1, 0.15) is 29.1 Å². The summed E-state index contributed by atoms with van der Waals surface area (Å²) in [7, 11) is 0. The predicted octanol–water partition coefficient (Wildman–Crippen LogP) is 2.95. The molecule has 2 aromatic heterocycles. The van der Waals surface area contributed by atoms with E-state index in [2.05, 4.69) is 49.5 Å². The van der Waals surface area contributed by atoms with Crippen LogP contribution in [0, 0.1) is 0 Å². The normalized spacial score (nSPS) is 12.2. The van der Waals surface area contributed by atoms with Crippen LogP contribution in [0.4, 0.5) is 0 Å². The molecule has 4 aromatic rings. The van der Waals surface area contributed by atoms with Crippen LogP contribution in [0.5, 0.6) is 0 Å². The van der Waals surface area contributed by atoms with Crippen molar-refractivity contribution >= 4 is 17.6 Å². The SMILES string of the molecule is O=COC(NCC(c1ccccc1)c1ccccc1)c1ncc2nc[nH]c2n1. The molecule has 7 nitrogen and oxygen atoms in total. The van der Waals surface area contributed by atoms with Crippen LogP contribution in [0.25, 0.3) is 11.2 Å². The molecule has 0 bridgehead atoms. The second-order valence-electron chi connectivity index (χ2n) is 6.26. The number of benzene rings is 2.